The average Bonchev–Trinajstić information content (AvgIpc) is 2.94. The highest BCUT2D eigenvalue weighted by molar-refractivity contribution is 5.26. The Balaban J connectivity index is 1.71. The molecule has 0 bridgehead atoms. The molecule has 6 heteroatoms. The lowest BCUT2D eigenvalue weighted by atomic mass is 10.2. The Morgan fingerprint density at radius 3 is 2.65 bits per heavy atom. The molecule has 2 aromatic rings. The van der Waals surface area contributed by atoms with E-state index in [-0.39, 0.29) is 6.54 Å². The molecule has 0 aliphatic heterocycles. The molecular weight excluding hydrogens is 256 g/mol. The van der Waals surface area contributed by atoms with Crippen LogP contribution in [0.2, 0.25) is 0 Å². The van der Waals surface area contributed by atoms with Crippen LogP contribution in [0, 0.1) is 6.92 Å². The second-order valence-corrected chi connectivity index (χ2v) is 4.62. The van der Waals surface area contributed by atoms with Crippen LogP contribution in [0.1, 0.15) is 17.9 Å². The van der Waals surface area contributed by atoms with Gasteiger partial charge in [0.1, 0.15) is 5.75 Å². The van der Waals surface area contributed by atoms with E-state index in [2.05, 4.69) is 17.1 Å². The van der Waals surface area contributed by atoms with Crippen molar-refractivity contribution in [3.05, 3.63) is 35.7 Å². The number of rotatable bonds is 7. The number of aryl methyl sites for hydroxylation is 1. The minimum atomic E-state index is 0.261. The highest BCUT2D eigenvalue weighted by atomic mass is 16.5. The lowest BCUT2D eigenvalue weighted by Crippen LogP contribution is -2.20. The van der Waals surface area contributed by atoms with E-state index in [0.29, 0.717) is 18.5 Å². The largest absolute Gasteiger partial charge is 0.494 e. The normalized spacial score (nSPS) is 10.6. The van der Waals surface area contributed by atoms with Gasteiger partial charge in [-0.15, -0.1) is 5.10 Å². The van der Waals surface area contributed by atoms with E-state index in [1.807, 2.05) is 36.2 Å². The summed E-state index contributed by atoms with van der Waals surface area (Å²) >= 11 is 0. The Morgan fingerprint density at radius 2 is 2.00 bits per heavy atom. The molecule has 0 saturated heterocycles. The molecule has 0 spiro atoms. The fourth-order valence-electron chi connectivity index (χ4n) is 1.70. The van der Waals surface area contributed by atoms with E-state index in [1.165, 1.54) is 5.56 Å². The van der Waals surface area contributed by atoms with Gasteiger partial charge in [-0.05, 0) is 25.5 Å². The van der Waals surface area contributed by atoms with Gasteiger partial charge >= 0.3 is 6.01 Å². The highest BCUT2D eigenvalue weighted by Gasteiger charge is 2.09. The number of aromatic nitrogens is 2. The van der Waals surface area contributed by atoms with Crippen LogP contribution >= 0.6 is 0 Å². The SMILES string of the molecule is Cc1ccc(OCCCN(C)c2nnc(CN)o2)cc1. The number of nitrogens with zero attached hydrogens (tertiary/aromatic N) is 3. The summed E-state index contributed by atoms with van der Waals surface area (Å²) in [7, 11) is 1.90. The molecular formula is C14H20N4O2. The van der Waals surface area contributed by atoms with Crippen molar-refractivity contribution < 1.29 is 9.15 Å². The predicted molar refractivity (Wildman–Crippen MR) is 76.8 cm³/mol. The number of anilines is 1. The summed E-state index contributed by atoms with van der Waals surface area (Å²) < 4.78 is 11.0. The number of ether oxygens (including phenoxy) is 1. The van der Waals surface area contributed by atoms with E-state index >= 15 is 0 Å². The van der Waals surface area contributed by atoms with Crippen molar-refractivity contribution in [2.75, 3.05) is 25.1 Å². The zero-order valence-corrected chi connectivity index (χ0v) is 11.9. The maximum atomic E-state index is 5.66. The third-order valence-electron chi connectivity index (χ3n) is 2.88. The first-order valence-corrected chi connectivity index (χ1v) is 6.62. The number of benzene rings is 1. The van der Waals surface area contributed by atoms with Crippen molar-refractivity contribution in [1.29, 1.82) is 0 Å². The van der Waals surface area contributed by atoms with Crippen molar-refractivity contribution >= 4 is 6.01 Å². The van der Waals surface area contributed by atoms with E-state index in [1.54, 1.807) is 0 Å². The molecule has 1 heterocycles. The molecule has 6 nitrogen and oxygen atoms in total. The maximum absolute atomic E-state index is 5.66. The van der Waals surface area contributed by atoms with E-state index < -0.39 is 0 Å². The molecule has 0 saturated carbocycles. The van der Waals surface area contributed by atoms with Gasteiger partial charge in [-0.3, -0.25) is 0 Å². The summed E-state index contributed by atoms with van der Waals surface area (Å²) in [5.74, 6) is 1.34. The van der Waals surface area contributed by atoms with Gasteiger partial charge in [-0.1, -0.05) is 22.8 Å². The highest BCUT2D eigenvalue weighted by Crippen LogP contribution is 2.13. The van der Waals surface area contributed by atoms with E-state index in [9.17, 15) is 0 Å². The molecule has 1 aromatic heterocycles. The third kappa shape index (κ3) is 3.96. The third-order valence-corrected chi connectivity index (χ3v) is 2.88. The van der Waals surface area contributed by atoms with Crippen molar-refractivity contribution in [1.82, 2.24) is 10.2 Å². The fourth-order valence-corrected chi connectivity index (χ4v) is 1.70. The monoisotopic (exact) mass is 276 g/mol. The Kier molecular flexibility index (Phi) is 4.95. The first-order chi connectivity index (χ1) is 9.69. The molecule has 0 fully saturated rings. The molecule has 0 radical (unpaired) electrons. The van der Waals surface area contributed by atoms with Gasteiger partial charge in [-0.25, -0.2) is 0 Å². The van der Waals surface area contributed by atoms with Gasteiger partial charge < -0.3 is 19.8 Å². The summed E-state index contributed by atoms with van der Waals surface area (Å²) in [4.78, 5) is 1.89. The summed E-state index contributed by atoms with van der Waals surface area (Å²) in [6.07, 6.45) is 0.866. The van der Waals surface area contributed by atoms with E-state index in [0.717, 1.165) is 18.7 Å². The molecule has 0 amide bonds. The van der Waals surface area contributed by atoms with Gasteiger partial charge in [0, 0.05) is 13.6 Å². The Hall–Kier alpha value is -2.08. The molecule has 1 aromatic carbocycles. The van der Waals surface area contributed by atoms with Crippen LogP contribution < -0.4 is 15.4 Å². The molecule has 20 heavy (non-hydrogen) atoms. The van der Waals surface area contributed by atoms with Gasteiger partial charge in [-0.2, -0.15) is 0 Å². The first kappa shape index (κ1) is 14.3. The van der Waals surface area contributed by atoms with Crippen molar-refractivity contribution in [2.24, 2.45) is 5.73 Å². The Bertz CT molecular complexity index is 524. The standard InChI is InChI=1S/C14H20N4O2/c1-11-4-6-12(7-5-11)19-9-3-8-18(2)14-17-16-13(10-15)20-14/h4-7H,3,8-10,15H2,1-2H3. The molecule has 2 rings (SSSR count). The lowest BCUT2D eigenvalue weighted by Gasteiger charge is -2.13. The predicted octanol–water partition coefficient (Wildman–Crippen LogP) is 1.74. The number of hydrogen-bond acceptors (Lipinski definition) is 6. The summed E-state index contributed by atoms with van der Waals surface area (Å²) in [6, 6.07) is 8.51. The van der Waals surface area contributed by atoms with Gasteiger partial charge in [0.05, 0.1) is 13.2 Å². The molecule has 0 unspecified atom stereocenters. The number of hydrogen-bond donors (Lipinski definition) is 1. The quantitative estimate of drug-likeness (QED) is 0.776. The van der Waals surface area contributed by atoms with Crippen LogP contribution in [-0.2, 0) is 6.54 Å². The minimum Gasteiger partial charge on any atom is -0.494 e. The average molecular weight is 276 g/mol. The van der Waals surface area contributed by atoms with Crippen LogP contribution in [0.5, 0.6) is 5.75 Å². The minimum absolute atomic E-state index is 0.261. The molecule has 0 aliphatic rings. The van der Waals surface area contributed by atoms with Gasteiger partial charge in [0.25, 0.3) is 0 Å². The summed E-state index contributed by atoms with van der Waals surface area (Å²) in [5.41, 5.74) is 6.65. The van der Waals surface area contributed by atoms with Gasteiger partial charge in [0.2, 0.25) is 5.89 Å². The lowest BCUT2D eigenvalue weighted by molar-refractivity contribution is 0.311. The first-order valence-electron chi connectivity index (χ1n) is 6.62. The van der Waals surface area contributed by atoms with Crippen molar-refractivity contribution in [3.8, 4) is 5.75 Å². The fraction of sp³-hybridized carbons (Fsp3) is 0.429. The smallest absolute Gasteiger partial charge is 0.317 e. The van der Waals surface area contributed by atoms with Crippen molar-refractivity contribution in [2.45, 2.75) is 19.9 Å². The molecule has 2 N–H and O–H groups in total. The van der Waals surface area contributed by atoms with Crippen LogP contribution in [0.15, 0.2) is 28.7 Å². The van der Waals surface area contributed by atoms with Crippen LogP contribution in [0.4, 0.5) is 6.01 Å². The molecule has 108 valence electrons. The number of nitrogens with two attached hydrogens (primary N) is 1. The second-order valence-electron chi connectivity index (χ2n) is 4.62. The second kappa shape index (κ2) is 6.91. The zero-order chi connectivity index (χ0) is 14.4. The maximum Gasteiger partial charge on any atom is 0.317 e. The Labute approximate surface area is 118 Å². The topological polar surface area (TPSA) is 77.4 Å². The van der Waals surface area contributed by atoms with Crippen LogP contribution in [-0.4, -0.2) is 30.4 Å². The van der Waals surface area contributed by atoms with Gasteiger partial charge in [0.15, 0.2) is 0 Å². The van der Waals surface area contributed by atoms with Crippen LogP contribution in [0.3, 0.4) is 0 Å². The van der Waals surface area contributed by atoms with Crippen molar-refractivity contribution in [3.63, 3.8) is 0 Å². The Morgan fingerprint density at radius 1 is 1.25 bits per heavy atom. The molecule has 0 atom stereocenters. The summed E-state index contributed by atoms with van der Waals surface area (Å²) in [5, 5.41) is 7.75. The summed E-state index contributed by atoms with van der Waals surface area (Å²) in [6.45, 7) is 3.74. The zero-order valence-electron chi connectivity index (χ0n) is 11.9. The molecule has 0 aliphatic carbocycles. The van der Waals surface area contributed by atoms with Crippen LogP contribution in [0.25, 0.3) is 0 Å². The van der Waals surface area contributed by atoms with E-state index in [4.69, 9.17) is 14.9 Å².